The molecule has 1 aliphatic carbocycles. The number of benzene rings is 2. The fourth-order valence-corrected chi connectivity index (χ4v) is 4.00. The van der Waals surface area contributed by atoms with Crippen LogP contribution in [0.15, 0.2) is 42.6 Å². The molecule has 0 bridgehead atoms. The summed E-state index contributed by atoms with van der Waals surface area (Å²) in [6.07, 6.45) is 6.97. The van der Waals surface area contributed by atoms with Crippen molar-refractivity contribution in [1.82, 2.24) is 5.32 Å². The van der Waals surface area contributed by atoms with Crippen molar-refractivity contribution >= 4 is 5.57 Å². The van der Waals surface area contributed by atoms with Crippen molar-refractivity contribution in [3.8, 4) is 0 Å². The van der Waals surface area contributed by atoms with E-state index in [-0.39, 0.29) is 5.82 Å². The third-order valence-electron chi connectivity index (χ3n) is 6.02. The lowest BCUT2D eigenvalue weighted by atomic mass is 9.76. The monoisotopic (exact) mass is 380 g/mol. The highest BCUT2D eigenvalue weighted by Crippen LogP contribution is 2.40. The van der Waals surface area contributed by atoms with Gasteiger partial charge in [0.15, 0.2) is 0 Å². The molecule has 1 saturated carbocycles. The molecule has 0 heterocycles. The average Bonchev–Trinajstić information content (AvgIpc) is 2.65. The van der Waals surface area contributed by atoms with E-state index in [1.807, 2.05) is 13.1 Å². The quantitative estimate of drug-likeness (QED) is 0.633. The molecule has 0 unspecified atom stereocenters. The van der Waals surface area contributed by atoms with Crippen molar-refractivity contribution < 1.29 is 4.39 Å². The first kappa shape index (κ1) is 20.6. The molecule has 0 saturated heterocycles. The largest absolute Gasteiger partial charge is 0.394 e. The predicted octanol–water partition coefficient (Wildman–Crippen LogP) is 5.52. The summed E-state index contributed by atoms with van der Waals surface area (Å²) >= 11 is 0. The zero-order chi connectivity index (χ0) is 20.1. The van der Waals surface area contributed by atoms with Crippen LogP contribution in [0, 0.1) is 5.82 Å². The summed E-state index contributed by atoms with van der Waals surface area (Å²) in [7, 11) is 1.82. The maximum Gasteiger partial charge on any atom is 0.134 e. The minimum absolute atomic E-state index is 0.0878. The summed E-state index contributed by atoms with van der Waals surface area (Å²) in [4.78, 5) is 0. The van der Waals surface area contributed by atoms with Gasteiger partial charge in [0.05, 0.1) is 0 Å². The SMILES string of the molecule is CN/C=C(\CN)c1ccc(C2CCC2)c(CCc2ccc(C(C)C)cc2)c1F. The number of aryl methyl sites for hydroxylation is 1. The number of rotatable bonds is 8. The molecule has 0 spiro atoms. The Morgan fingerprint density at radius 1 is 1.14 bits per heavy atom. The van der Waals surface area contributed by atoms with Crippen LogP contribution >= 0.6 is 0 Å². The minimum atomic E-state index is -0.0878. The van der Waals surface area contributed by atoms with E-state index in [9.17, 15) is 0 Å². The lowest BCUT2D eigenvalue weighted by molar-refractivity contribution is 0.414. The Morgan fingerprint density at radius 3 is 2.39 bits per heavy atom. The lowest BCUT2D eigenvalue weighted by Gasteiger charge is -2.29. The van der Waals surface area contributed by atoms with Crippen LogP contribution in [0.2, 0.25) is 0 Å². The van der Waals surface area contributed by atoms with Gasteiger partial charge < -0.3 is 11.1 Å². The number of nitrogens with one attached hydrogen (secondary N) is 1. The third-order valence-corrected chi connectivity index (χ3v) is 6.02. The maximum absolute atomic E-state index is 15.6. The summed E-state index contributed by atoms with van der Waals surface area (Å²) in [5, 5.41) is 2.99. The molecule has 1 aliphatic rings. The molecule has 2 nitrogen and oxygen atoms in total. The average molecular weight is 381 g/mol. The first-order valence-electron chi connectivity index (χ1n) is 10.5. The van der Waals surface area contributed by atoms with Crippen LogP contribution in [0.4, 0.5) is 4.39 Å². The van der Waals surface area contributed by atoms with E-state index in [1.165, 1.54) is 36.0 Å². The van der Waals surface area contributed by atoms with Crippen molar-refractivity contribution in [2.24, 2.45) is 5.73 Å². The molecule has 3 N–H and O–H groups in total. The Balaban J connectivity index is 1.89. The molecule has 2 aromatic rings. The molecule has 1 fully saturated rings. The summed E-state index contributed by atoms with van der Waals surface area (Å²) in [6, 6.07) is 12.8. The number of hydrogen-bond donors (Lipinski definition) is 2. The molecule has 0 amide bonds. The van der Waals surface area contributed by atoms with Crippen molar-refractivity contribution in [1.29, 1.82) is 0 Å². The van der Waals surface area contributed by atoms with Gasteiger partial charge in [0, 0.05) is 25.4 Å². The van der Waals surface area contributed by atoms with Crippen LogP contribution in [0.5, 0.6) is 0 Å². The van der Waals surface area contributed by atoms with Gasteiger partial charge in [-0.3, -0.25) is 0 Å². The van der Waals surface area contributed by atoms with E-state index in [4.69, 9.17) is 5.73 Å². The predicted molar refractivity (Wildman–Crippen MR) is 117 cm³/mol. The van der Waals surface area contributed by atoms with Gasteiger partial charge in [-0.2, -0.15) is 0 Å². The number of nitrogens with two attached hydrogens (primary N) is 1. The first-order valence-corrected chi connectivity index (χ1v) is 10.5. The summed E-state index contributed by atoms with van der Waals surface area (Å²) in [5.41, 5.74) is 12.0. The second-order valence-corrected chi connectivity index (χ2v) is 8.18. The highest BCUT2D eigenvalue weighted by atomic mass is 19.1. The van der Waals surface area contributed by atoms with Crippen LogP contribution in [0.3, 0.4) is 0 Å². The van der Waals surface area contributed by atoms with Gasteiger partial charge in [0.2, 0.25) is 0 Å². The van der Waals surface area contributed by atoms with E-state index >= 15 is 4.39 Å². The van der Waals surface area contributed by atoms with Crippen molar-refractivity contribution in [2.75, 3.05) is 13.6 Å². The first-order chi connectivity index (χ1) is 13.5. The van der Waals surface area contributed by atoms with Crippen LogP contribution in [0.1, 0.15) is 72.8 Å². The van der Waals surface area contributed by atoms with E-state index in [0.29, 0.717) is 23.9 Å². The summed E-state index contributed by atoms with van der Waals surface area (Å²) < 4.78 is 15.6. The smallest absolute Gasteiger partial charge is 0.134 e. The third kappa shape index (κ3) is 4.47. The Bertz CT molecular complexity index is 817. The second kappa shape index (κ2) is 9.38. The Labute approximate surface area is 169 Å². The zero-order valence-electron chi connectivity index (χ0n) is 17.4. The van der Waals surface area contributed by atoms with Crippen LogP contribution in [0.25, 0.3) is 5.57 Å². The van der Waals surface area contributed by atoms with Crippen LogP contribution in [-0.4, -0.2) is 13.6 Å². The van der Waals surface area contributed by atoms with Gasteiger partial charge >= 0.3 is 0 Å². The van der Waals surface area contributed by atoms with Gasteiger partial charge in [-0.15, -0.1) is 0 Å². The highest BCUT2D eigenvalue weighted by Gasteiger charge is 2.25. The molecular weight excluding hydrogens is 347 g/mol. The van der Waals surface area contributed by atoms with E-state index < -0.39 is 0 Å². The number of halogens is 1. The highest BCUT2D eigenvalue weighted by molar-refractivity contribution is 5.68. The summed E-state index contributed by atoms with van der Waals surface area (Å²) in [6.45, 7) is 4.72. The Kier molecular flexibility index (Phi) is 6.90. The van der Waals surface area contributed by atoms with Gasteiger partial charge in [-0.25, -0.2) is 4.39 Å². The zero-order valence-corrected chi connectivity index (χ0v) is 17.4. The van der Waals surface area contributed by atoms with Crippen LogP contribution < -0.4 is 11.1 Å². The lowest BCUT2D eigenvalue weighted by Crippen LogP contribution is -2.15. The normalized spacial score (nSPS) is 15.0. The fraction of sp³-hybridized carbons (Fsp3) is 0.440. The molecule has 3 heteroatoms. The molecule has 0 aliphatic heterocycles. The molecule has 3 rings (SSSR count). The molecule has 0 atom stereocenters. The fourth-order valence-electron chi connectivity index (χ4n) is 4.00. The minimum Gasteiger partial charge on any atom is -0.394 e. The standard InChI is InChI=1S/C25H33FN2/c1-17(2)19-10-7-18(8-11-19)9-12-24-22(20-5-4-6-20)13-14-23(25(24)26)21(15-27)16-28-3/h7-8,10-11,13-14,16-17,20,28H,4-6,9,12,15,27H2,1-3H3/b21-16+. The van der Waals surface area contributed by atoms with E-state index in [2.05, 4.69) is 49.5 Å². The summed E-state index contributed by atoms with van der Waals surface area (Å²) in [5.74, 6) is 0.952. The molecular formula is C25H33FN2. The Hall–Kier alpha value is -2.13. The van der Waals surface area contributed by atoms with Gasteiger partial charge in [0.1, 0.15) is 5.82 Å². The Morgan fingerprint density at radius 2 is 1.86 bits per heavy atom. The van der Waals surface area contributed by atoms with E-state index in [0.717, 1.165) is 24.0 Å². The van der Waals surface area contributed by atoms with Crippen molar-refractivity contribution in [2.45, 2.75) is 57.8 Å². The molecule has 0 radical (unpaired) electrons. The van der Waals surface area contributed by atoms with Crippen LogP contribution in [-0.2, 0) is 12.8 Å². The molecule has 150 valence electrons. The molecule has 2 aromatic carbocycles. The van der Waals surface area contributed by atoms with Gasteiger partial charge in [0.25, 0.3) is 0 Å². The van der Waals surface area contributed by atoms with Gasteiger partial charge in [-0.1, -0.05) is 56.7 Å². The number of hydrogen-bond acceptors (Lipinski definition) is 2. The van der Waals surface area contributed by atoms with E-state index in [1.54, 1.807) is 6.20 Å². The van der Waals surface area contributed by atoms with Crippen molar-refractivity contribution in [3.05, 3.63) is 76.2 Å². The second-order valence-electron chi connectivity index (χ2n) is 8.18. The molecule has 0 aromatic heterocycles. The topological polar surface area (TPSA) is 38.0 Å². The van der Waals surface area contributed by atoms with Crippen molar-refractivity contribution in [3.63, 3.8) is 0 Å². The van der Waals surface area contributed by atoms with Gasteiger partial charge in [-0.05, 0) is 65.3 Å². The maximum atomic E-state index is 15.6. The molecule has 28 heavy (non-hydrogen) atoms.